The highest BCUT2D eigenvalue weighted by Gasteiger charge is 2.25. The van der Waals surface area contributed by atoms with Gasteiger partial charge in [0.15, 0.2) is 0 Å². The molecule has 2 heterocycles. The van der Waals surface area contributed by atoms with E-state index >= 15 is 0 Å². The number of benzene rings is 2. The maximum absolute atomic E-state index is 12.4. The number of fused-ring (bicyclic) bond motifs is 1. The molecule has 2 aromatic carbocycles. The van der Waals surface area contributed by atoms with E-state index in [4.69, 9.17) is 0 Å². The standard InChI is InChI=1S/C19H16N4O/c1-13-5-4-6-14(11-13)23(18-9-10-20-22-18)12-16-15-7-2-3-8-17(15)21-19(16)24/h2-12H,1H3,(H,20,22)(H,21,24). The van der Waals surface area contributed by atoms with Crippen molar-refractivity contribution >= 4 is 28.7 Å². The van der Waals surface area contributed by atoms with Crippen molar-refractivity contribution in [3.63, 3.8) is 0 Å². The zero-order valence-corrected chi connectivity index (χ0v) is 13.2. The van der Waals surface area contributed by atoms with Gasteiger partial charge in [0.25, 0.3) is 5.91 Å². The van der Waals surface area contributed by atoms with E-state index in [1.54, 1.807) is 6.20 Å². The highest BCUT2D eigenvalue weighted by Crippen LogP contribution is 2.34. The number of nitrogens with zero attached hydrogens (tertiary/aromatic N) is 2. The van der Waals surface area contributed by atoms with E-state index in [0.29, 0.717) is 5.57 Å². The van der Waals surface area contributed by atoms with E-state index in [-0.39, 0.29) is 5.91 Å². The van der Waals surface area contributed by atoms with Crippen LogP contribution in [0.3, 0.4) is 0 Å². The summed E-state index contributed by atoms with van der Waals surface area (Å²) in [7, 11) is 0. The van der Waals surface area contributed by atoms with Crippen LogP contribution in [0.2, 0.25) is 0 Å². The predicted molar refractivity (Wildman–Crippen MR) is 95.0 cm³/mol. The molecule has 0 spiro atoms. The lowest BCUT2D eigenvalue weighted by Gasteiger charge is -2.20. The minimum absolute atomic E-state index is 0.103. The third kappa shape index (κ3) is 2.46. The Hall–Kier alpha value is -3.34. The van der Waals surface area contributed by atoms with Crippen LogP contribution in [0.1, 0.15) is 11.1 Å². The summed E-state index contributed by atoms with van der Waals surface area (Å²) in [5.41, 5.74) is 4.47. The Labute approximate surface area is 139 Å². The van der Waals surface area contributed by atoms with Gasteiger partial charge in [-0.1, -0.05) is 30.3 Å². The zero-order chi connectivity index (χ0) is 16.5. The van der Waals surface area contributed by atoms with Crippen molar-refractivity contribution in [2.24, 2.45) is 0 Å². The molecule has 3 aromatic rings. The van der Waals surface area contributed by atoms with Gasteiger partial charge in [-0.3, -0.25) is 9.89 Å². The summed E-state index contributed by atoms with van der Waals surface area (Å²) < 4.78 is 0. The van der Waals surface area contributed by atoms with Crippen molar-refractivity contribution in [2.75, 3.05) is 10.2 Å². The largest absolute Gasteiger partial charge is 0.321 e. The normalized spacial score (nSPS) is 14.5. The van der Waals surface area contributed by atoms with Crippen LogP contribution in [0.5, 0.6) is 0 Å². The van der Waals surface area contributed by atoms with Crippen molar-refractivity contribution in [1.29, 1.82) is 0 Å². The molecule has 118 valence electrons. The monoisotopic (exact) mass is 316 g/mol. The molecule has 1 amide bonds. The van der Waals surface area contributed by atoms with Crippen LogP contribution < -0.4 is 10.2 Å². The fourth-order valence-corrected chi connectivity index (χ4v) is 2.84. The molecule has 0 radical (unpaired) electrons. The summed E-state index contributed by atoms with van der Waals surface area (Å²) in [6, 6.07) is 17.7. The Morgan fingerprint density at radius 1 is 1.08 bits per heavy atom. The molecule has 5 nitrogen and oxygen atoms in total. The molecular formula is C19H16N4O. The molecule has 0 unspecified atom stereocenters. The van der Waals surface area contributed by atoms with E-state index in [1.165, 1.54) is 0 Å². The van der Waals surface area contributed by atoms with Gasteiger partial charge in [0.2, 0.25) is 0 Å². The third-order valence-corrected chi connectivity index (χ3v) is 3.99. The van der Waals surface area contributed by atoms with Crippen LogP contribution in [0.4, 0.5) is 17.2 Å². The van der Waals surface area contributed by atoms with Crippen molar-refractivity contribution in [2.45, 2.75) is 6.92 Å². The number of anilines is 3. The number of nitrogens with one attached hydrogen (secondary N) is 2. The van der Waals surface area contributed by atoms with E-state index in [0.717, 1.165) is 28.3 Å². The first-order valence-electron chi connectivity index (χ1n) is 7.70. The molecule has 1 aromatic heterocycles. The Morgan fingerprint density at radius 2 is 1.96 bits per heavy atom. The SMILES string of the molecule is Cc1cccc(N(C=C2C(=O)Nc3ccccc32)c2ccn[nH]2)c1. The van der Waals surface area contributed by atoms with Gasteiger partial charge in [-0.2, -0.15) is 5.10 Å². The number of carbonyl (C=O) groups is 1. The molecule has 0 atom stereocenters. The zero-order valence-electron chi connectivity index (χ0n) is 13.2. The lowest BCUT2D eigenvalue weighted by molar-refractivity contribution is -0.110. The minimum atomic E-state index is -0.103. The first-order valence-corrected chi connectivity index (χ1v) is 7.70. The molecule has 5 heteroatoms. The van der Waals surface area contributed by atoms with Gasteiger partial charge in [0.05, 0.1) is 11.8 Å². The van der Waals surface area contributed by atoms with E-state index in [1.807, 2.05) is 66.6 Å². The van der Waals surface area contributed by atoms with Crippen molar-refractivity contribution < 1.29 is 4.79 Å². The molecule has 0 fully saturated rings. The molecule has 0 aliphatic carbocycles. The van der Waals surface area contributed by atoms with Crippen LogP contribution in [0.25, 0.3) is 5.57 Å². The van der Waals surface area contributed by atoms with Gasteiger partial charge in [0.1, 0.15) is 5.82 Å². The number of amides is 1. The van der Waals surface area contributed by atoms with Gasteiger partial charge >= 0.3 is 0 Å². The maximum atomic E-state index is 12.4. The van der Waals surface area contributed by atoms with Crippen LogP contribution in [0.15, 0.2) is 67.0 Å². The molecule has 0 saturated carbocycles. The summed E-state index contributed by atoms with van der Waals surface area (Å²) in [6.07, 6.45) is 3.54. The quantitative estimate of drug-likeness (QED) is 0.722. The number of para-hydroxylation sites is 1. The number of aryl methyl sites for hydroxylation is 1. The predicted octanol–water partition coefficient (Wildman–Crippen LogP) is 3.85. The maximum Gasteiger partial charge on any atom is 0.257 e. The fraction of sp³-hybridized carbons (Fsp3) is 0.0526. The van der Waals surface area contributed by atoms with E-state index < -0.39 is 0 Å². The number of rotatable bonds is 3. The lowest BCUT2D eigenvalue weighted by atomic mass is 10.1. The summed E-state index contributed by atoms with van der Waals surface area (Å²) in [6.45, 7) is 2.04. The Kier molecular flexibility index (Phi) is 3.39. The highest BCUT2D eigenvalue weighted by atomic mass is 16.2. The summed E-state index contributed by atoms with van der Waals surface area (Å²) in [4.78, 5) is 14.3. The molecule has 24 heavy (non-hydrogen) atoms. The van der Waals surface area contributed by atoms with Gasteiger partial charge in [-0.15, -0.1) is 0 Å². The second kappa shape index (κ2) is 5.70. The van der Waals surface area contributed by atoms with Gasteiger partial charge < -0.3 is 10.2 Å². The Bertz CT molecular complexity index is 928. The number of hydrogen-bond acceptors (Lipinski definition) is 3. The number of aromatic nitrogens is 2. The fourth-order valence-electron chi connectivity index (χ4n) is 2.84. The number of carbonyl (C=O) groups excluding carboxylic acids is 1. The second-order valence-electron chi connectivity index (χ2n) is 5.69. The second-order valence-corrected chi connectivity index (χ2v) is 5.69. The van der Waals surface area contributed by atoms with Crippen molar-refractivity contribution in [3.05, 3.63) is 78.1 Å². The summed E-state index contributed by atoms with van der Waals surface area (Å²) in [5, 5.41) is 9.90. The Morgan fingerprint density at radius 3 is 2.75 bits per heavy atom. The molecule has 1 aliphatic rings. The average Bonchev–Trinajstić information content (AvgIpc) is 3.20. The van der Waals surface area contributed by atoms with Crippen LogP contribution >= 0.6 is 0 Å². The first kappa shape index (κ1) is 14.3. The average molecular weight is 316 g/mol. The van der Waals surface area contributed by atoms with E-state index in [2.05, 4.69) is 21.6 Å². The first-order chi connectivity index (χ1) is 11.7. The molecule has 2 N–H and O–H groups in total. The number of H-pyrrole nitrogens is 1. The van der Waals surface area contributed by atoms with E-state index in [9.17, 15) is 4.79 Å². The van der Waals surface area contributed by atoms with Crippen LogP contribution in [-0.4, -0.2) is 16.1 Å². The molecule has 4 rings (SSSR count). The van der Waals surface area contributed by atoms with Crippen LogP contribution in [-0.2, 0) is 4.79 Å². The summed E-state index contributed by atoms with van der Waals surface area (Å²) >= 11 is 0. The van der Waals surface area contributed by atoms with Crippen molar-refractivity contribution in [1.82, 2.24) is 10.2 Å². The molecule has 1 aliphatic heterocycles. The third-order valence-electron chi connectivity index (χ3n) is 3.99. The topological polar surface area (TPSA) is 61.0 Å². The summed E-state index contributed by atoms with van der Waals surface area (Å²) in [5.74, 6) is 0.693. The number of aromatic amines is 1. The van der Waals surface area contributed by atoms with Gasteiger partial charge in [0, 0.05) is 29.2 Å². The lowest BCUT2D eigenvalue weighted by Crippen LogP contribution is -2.13. The smallest absolute Gasteiger partial charge is 0.257 e. The molecular weight excluding hydrogens is 300 g/mol. The van der Waals surface area contributed by atoms with Gasteiger partial charge in [-0.05, 0) is 30.7 Å². The van der Waals surface area contributed by atoms with Crippen molar-refractivity contribution in [3.8, 4) is 0 Å². The Balaban J connectivity index is 1.85. The minimum Gasteiger partial charge on any atom is -0.321 e. The molecule has 0 bridgehead atoms. The molecule has 0 saturated heterocycles. The van der Waals surface area contributed by atoms with Crippen LogP contribution in [0, 0.1) is 6.92 Å². The highest BCUT2D eigenvalue weighted by molar-refractivity contribution is 6.31. The van der Waals surface area contributed by atoms with Gasteiger partial charge in [-0.25, -0.2) is 0 Å². The number of hydrogen-bond donors (Lipinski definition) is 2.